The fourth-order valence-electron chi connectivity index (χ4n) is 1.58. The van der Waals surface area contributed by atoms with Gasteiger partial charge in [0, 0.05) is 5.56 Å². The molecule has 0 radical (unpaired) electrons. The number of rotatable bonds is 4. The van der Waals surface area contributed by atoms with Gasteiger partial charge in [0.1, 0.15) is 0 Å². The second kappa shape index (κ2) is 4.95. The van der Waals surface area contributed by atoms with Crippen LogP contribution in [0.25, 0.3) is 0 Å². The van der Waals surface area contributed by atoms with Gasteiger partial charge in [0.05, 0.1) is 13.7 Å². The number of Topliss-reactive ketones (excluding diaryl/α,β-unsaturated/α-hetero) is 1. The summed E-state index contributed by atoms with van der Waals surface area (Å²) in [5, 5.41) is 0. The van der Waals surface area contributed by atoms with Crippen LogP contribution in [-0.4, -0.2) is 32.3 Å². The van der Waals surface area contributed by atoms with Gasteiger partial charge in [-0.1, -0.05) is 0 Å². The summed E-state index contributed by atoms with van der Waals surface area (Å²) in [6, 6.07) is 2.86. The first-order valence-corrected chi connectivity index (χ1v) is 5.36. The molecule has 0 saturated carbocycles. The minimum atomic E-state index is -0.904. The lowest BCUT2D eigenvalue weighted by Gasteiger charge is -2.07. The fraction of sp³-hybridized carbons (Fsp3) is 0.333. The van der Waals surface area contributed by atoms with Crippen molar-refractivity contribution in [2.24, 2.45) is 0 Å². The second-order valence-corrected chi connectivity index (χ2v) is 3.46. The number of carbonyl (C=O) groups is 2. The van der Waals surface area contributed by atoms with Crippen molar-refractivity contribution in [3.05, 3.63) is 17.7 Å². The minimum Gasteiger partial charge on any atom is -0.493 e. The van der Waals surface area contributed by atoms with Crippen molar-refractivity contribution in [3.8, 4) is 17.2 Å². The molecule has 0 amide bonds. The van der Waals surface area contributed by atoms with Crippen LogP contribution in [-0.2, 0) is 9.53 Å². The minimum absolute atomic E-state index is 0.0583. The zero-order valence-electron chi connectivity index (χ0n) is 10.0. The molecule has 1 heterocycles. The van der Waals surface area contributed by atoms with E-state index in [0.29, 0.717) is 17.2 Å². The van der Waals surface area contributed by atoms with E-state index in [1.165, 1.54) is 19.2 Å². The summed E-state index contributed by atoms with van der Waals surface area (Å²) in [5.74, 6) is -0.496. The van der Waals surface area contributed by atoms with E-state index < -0.39 is 11.8 Å². The van der Waals surface area contributed by atoms with E-state index in [4.69, 9.17) is 14.2 Å². The SMILES string of the molecule is CCOC(=O)C(=O)c1cc(OC)c2c(c1)OCO2. The van der Waals surface area contributed by atoms with Gasteiger partial charge in [-0.2, -0.15) is 0 Å². The molecule has 0 bridgehead atoms. The van der Waals surface area contributed by atoms with Gasteiger partial charge >= 0.3 is 5.97 Å². The van der Waals surface area contributed by atoms with E-state index >= 15 is 0 Å². The highest BCUT2D eigenvalue weighted by molar-refractivity contribution is 6.40. The average Bonchev–Trinajstić information content (AvgIpc) is 2.85. The van der Waals surface area contributed by atoms with E-state index in [2.05, 4.69) is 4.74 Å². The summed E-state index contributed by atoms with van der Waals surface area (Å²) in [6.45, 7) is 1.83. The molecule has 0 fully saturated rings. The standard InChI is InChI=1S/C12H12O6/c1-3-16-12(14)10(13)7-4-8(15-2)11-9(5-7)17-6-18-11/h4-5H,3,6H2,1-2H3. The highest BCUT2D eigenvalue weighted by atomic mass is 16.7. The van der Waals surface area contributed by atoms with Gasteiger partial charge in [-0.15, -0.1) is 0 Å². The first-order valence-electron chi connectivity index (χ1n) is 5.36. The molecule has 96 valence electrons. The predicted octanol–water partition coefficient (Wildman–Crippen LogP) is 1.17. The number of ether oxygens (including phenoxy) is 4. The number of benzene rings is 1. The van der Waals surface area contributed by atoms with Gasteiger partial charge in [-0.25, -0.2) is 4.79 Å². The second-order valence-electron chi connectivity index (χ2n) is 3.46. The highest BCUT2D eigenvalue weighted by Crippen LogP contribution is 2.41. The van der Waals surface area contributed by atoms with Crippen molar-refractivity contribution < 1.29 is 28.5 Å². The first kappa shape index (κ1) is 12.2. The van der Waals surface area contributed by atoms with Crippen LogP contribution in [0.2, 0.25) is 0 Å². The summed E-state index contributed by atoms with van der Waals surface area (Å²) in [5.41, 5.74) is 0.148. The normalized spacial score (nSPS) is 12.1. The Bertz CT molecular complexity index is 494. The van der Waals surface area contributed by atoms with Crippen LogP contribution in [0.3, 0.4) is 0 Å². The van der Waals surface area contributed by atoms with Crippen LogP contribution in [0.4, 0.5) is 0 Å². The monoisotopic (exact) mass is 252 g/mol. The first-order chi connectivity index (χ1) is 8.67. The smallest absolute Gasteiger partial charge is 0.379 e. The van der Waals surface area contributed by atoms with Gasteiger partial charge < -0.3 is 18.9 Å². The van der Waals surface area contributed by atoms with Crippen molar-refractivity contribution >= 4 is 11.8 Å². The van der Waals surface area contributed by atoms with Crippen molar-refractivity contribution in [3.63, 3.8) is 0 Å². The maximum absolute atomic E-state index is 11.8. The van der Waals surface area contributed by atoms with Gasteiger partial charge in [0.2, 0.25) is 12.5 Å². The van der Waals surface area contributed by atoms with E-state index in [0.717, 1.165) is 0 Å². The van der Waals surface area contributed by atoms with Gasteiger partial charge in [-0.3, -0.25) is 4.79 Å². The summed E-state index contributed by atoms with van der Waals surface area (Å²) < 4.78 is 20.1. The summed E-state index contributed by atoms with van der Waals surface area (Å²) in [6.07, 6.45) is 0. The van der Waals surface area contributed by atoms with Crippen molar-refractivity contribution in [2.45, 2.75) is 6.92 Å². The van der Waals surface area contributed by atoms with Gasteiger partial charge in [0.25, 0.3) is 5.78 Å². The predicted molar refractivity (Wildman–Crippen MR) is 60.1 cm³/mol. The van der Waals surface area contributed by atoms with Crippen LogP contribution in [0.1, 0.15) is 17.3 Å². The number of carbonyl (C=O) groups excluding carboxylic acids is 2. The Balaban J connectivity index is 2.35. The Morgan fingerprint density at radius 2 is 2.11 bits per heavy atom. The lowest BCUT2D eigenvalue weighted by atomic mass is 10.1. The molecular formula is C12H12O6. The van der Waals surface area contributed by atoms with Crippen LogP contribution in [0.15, 0.2) is 12.1 Å². The van der Waals surface area contributed by atoms with E-state index in [1.807, 2.05) is 0 Å². The van der Waals surface area contributed by atoms with E-state index in [9.17, 15) is 9.59 Å². The fourth-order valence-corrected chi connectivity index (χ4v) is 1.58. The Morgan fingerprint density at radius 1 is 1.33 bits per heavy atom. The molecule has 18 heavy (non-hydrogen) atoms. The number of esters is 1. The molecule has 2 rings (SSSR count). The zero-order valence-corrected chi connectivity index (χ0v) is 10.0. The lowest BCUT2D eigenvalue weighted by molar-refractivity contribution is -0.137. The molecule has 1 aliphatic heterocycles. The quantitative estimate of drug-likeness (QED) is 0.455. The Kier molecular flexibility index (Phi) is 3.36. The van der Waals surface area contributed by atoms with Crippen molar-refractivity contribution in [1.82, 2.24) is 0 Å². The van der Waals surface area contributed by atoms with E-state index in [1.54, 1.807) is 6.92 Å². The Hall–Kier alpha value is -2.24. The largest absolute Gasteiger partial charge is 0.493 e. The molecule has 0 spiro atoms. The van der Waals surface area contributed by atoms with Crippen molar-refractivity contribution in [2.75, 3.05) is 20.5 Å². The zero-order chi connectivity index (χ0) is 13.1. The molecular weight excluding hydrogens is 240 g/mol. The molecule has 1 aromatic rings. The summed E-state index contributed by atoms with van der Waals surface area (Å²) >= 11 is 0. The van der Waals surface area contributed by atoms with Crippen LogP contribution < -0.4 is 14.2 Å². The Labute approximate surface area is 103 Å². The maximum atomic E-state index is 11.8. The molecule has 0 atom stereocenters. The van der Waals surface area contributed by atoms with E-state index in [-0.39, 0.29) is 19.0 Å². The molecule has 0 saturated heterocycles. The van der Waals surface area contributed by atoms with Crippen molar-refractivity contribution in [1.29, 1.82) is 0 Å². The number of ketones is 1. The molecule has 0 aliphatic carbocycles. The van der Waals surface area contributed by atoms with Crippen LogP contribution in [0.5, 0.6) is 17.2 Å². The topological polar surface area (TPSA) is 71.1 Å². The van der Waals surface area contributed by atoms with Crippen LogP contribution in [0, 0.1) is 0 Å². The maximum Gasteiger partial charge on any atom is 0.379 e. The average molecular weight is 252 g/mol. The molecule has 0 unspecified atom stereocenters. The third kappa shape index (κ3) is 2.09. The molecule has 0 aromatic heterocycles. The number of hydrogen-bond donors (Lipinski definition) is 0. The summed E-state index contributed by atoms with van der Waals surface area (Å²) in [4.78, 5) is 23.1. The molecule has 1 aromatic carbocycles. The molecule has 0 N–H and O–H groups in total. The van der Waals surface area contributed by atoms with Gasteiger partial charge in [0.15, 0.2) is 11.5 Å². The van der Waals surface area contributed by atoms with Crippen LogP contribution >= 0.6 is 0 Å². The Morgan fingerprint density at radius 3 is 2.78 bits per heavy atom. The lowest BCUT2D eigenvalue weighted by Crippen LogP contribution is -2.17. The molecule has 6 nitrogen and oxygen atoms in total. The highest BCUT2D eigenvalue weighted by Gasteiger charge is 2.25. The number of methoxy groups -OCH3 is 1. The molecule has 1 aliphatic rings. The number of fused-ring (bicyclic) bond motifs is 1. The van der Waals surface area contributed by atoms with Gasteiger partial charge in [-0.05, 0) is 19.1 Å². The molecule has 6 heteroatoms. The third-order valence-corrected chi connectivity index (χ3v) is 2.38. The third-order valence-electron chi connectivity index (χ3n) is 2.38. The summed E-state index contributed by atoms with van der Waals surface area (Å²) in [7, 11) is 1.44. The number of hydrogen-bond acceptors (Lipinski definition) is 6.